The third-order valence-corrected chi connectivity index (χ3v) is 6.05. The summed E-state index contributed by atoms with van der Waals surface area (Å²) >= 11 is 0. The van der Waals surface area contributed by atoms with Crippen LogP contribution >= 0.6 is 0 Å². The maximum Gasteiger partial charge on any atom is 0.312 e. The molecule has 0 saturated heterocycles. The number of rotatable bonds is 5. The highest BCUT2D eigenvalue weighted by Gasteiger charge is 2.58. The lowest BCUT2D eigenvalue weighted by molar-refractivity contribution is -0.171. The summed E-state index contributed by atoms with van der Waals surface area (Å²) in [5.41, 5.74) is 0.250. The molecule has 3 atom stereocenters. The molecule has 0 unspecified atom stereocenters. The van der Waals surface area contributed by atoms with Gasteiger partial charge in [0.15, 0.2) is 0 Å². The molecule has 1 aromatic rings. The van der Waals surface area contributed by atoms with Crippen LogP contribution in [0.15, 0.2) is 18.2 Å². The van der Waals surface area contributed by atoms with Crippen LogP contribution in [0.3, 0.4) is 0 Å². The smallest absolute Gasteiger partial charge is 0.312 e. The molecule has 5 heteroatoms. The minimum atomic E-state index is -1.13. The monoisotopic (exact) mass is 360 g/mol. The minimum absolute atomic E-state index is 0.262. The average Bonchev–Trinajstić information content (AvgIpc) is 2.59. The van der Waals surface area contributed by atoms with Crippen molar-refractivity contribution in [3.63, 3.8) is 0 Å². The molecule has 0 aromatic heterocycles. The van der Waals surface area contributed by atoms with Gasteiger partial charge >= 0.3 is 11.9 Å². The number of carbonyl (C=O) groups is 3. The number of methoxy groups -OCH3 is 1. The summed E-state index contributed by atoms with van der Waals surface area (Å²) in [6.45, 7) is 7.60. The predicted octanol–water partition coefficient (Wildman–Crippen LogP) is 3.94. The first-order valence-corrected chi connectivity index (χ1v) is 9.02. The number of carboxylic acids is 1. The lowest BCUT2D eigenvalue weighted by atomic mass is 9.53. The second-order valence-corrected chi connectivity index (χ2v) is 8.07. The zero-order valence-corrected chi connectivity index (χ0v) is 16.2. The molecule has 1 aromatic carbocycles. The molecular weight excluding hydrogens is 332 g/mol. The van der Waals surface area contributed by atoms with Crippen molar-refractivity contribution >= 4 is 18.2 Å². The topological polar surface area (TPSA) is 80.7 Å². The van der Waals surface area contributed by atoms with Gasteiger partial charge in [-0.1, -0.05) is 39.3 Å². The Morgan fingerprint density at radius 3 is 2.42 bits per heavy atom. The Bertz CT molecular complexity index is 723. The summed E-state index contributed by atoms with van der Waals surface area (Å²) in [4.78, 5) is 36.5. The normalized spacial score (nSPS) is 28.6. The van der Waals surface area contributed by atoms with Crippen LogP contribution in [0.1, 0.15) is 74.4 Å². The maximum absolute atomic E-state index is 12.5. The molecule has 5 nitrogen and oxygen atoms in total. The predicted molar refractivity (Wildman–Crippen MR) is 98.4 cm³/mol. The van der Waals surface area contributed by atoms with Crippen LogP contribution in [0.5, 0.6) is 0 Å². The van der Waals surface area contributed by atoms with E-state index in [-0.39, 0.29) is 5.92 Å². The van der Waals surface area contributed by atoms with E-state index < -0.39 is 28.7 Å². The van der Waals surface area contributed by atoms with Gasteiger partial charge in [-0.3, -0.25) is 14.4 Å². The second kappa shape index (κ2) is 7.22. The van der Waals surface area contributed by atoms with Gasteiger partial charge < -0.3 is 9.84 Å². The Balaban J connectivity index is 2.67. The van der Waals surface area contributed by atoms with Gasteiger partial charge in [-0.25, -0.2) is 0 Å². The van der Waals surface area contributed by atoms with Crippen molar-refractivity contribution in [1.82, 2.24) is 0 Å². The molecule has 0 amide bonds. The lowest BCUT2D eigenvalue weighted by Gasteiger charge is -2.49. The number of aldehydes is 1. The van der Waals surface area contributed by atoms with E-state index in [0.29, 0.717) is 30.4 Å². The third-order valence-electron chi connectivity index (χ3n) is 6.05. The zero-order valence-electron chi connectivity index (χ0n) is 16.2. The highest BCUT2D eigenvalue weighted by molar-refractivity contribution is 5.87. The van der Waals surface area contributed by atoms with Crippen molar-refractivity contribution in [3.05, 3.63) is 34.9 Å². The molecule has 1 fully saturated rings. The fourth-order valence-corrected chi connectivity index (χ4v) is 4.66. The van der Waals surface area contributed by atoms with Gasteiger partial charge in [-0.15, -0.1) is 0 Å². The van der Waals surface area contributed by atoms with Gasteiger partial charge in [0, 0.05) is 11.0 Å². The molecule has 0 aliphatic heterocycles. The molecule has 1 aliphatic carbocycles. The van der Waals surface area contributed by atoms with Gasteiger partial charge in [-0.2, -0.15) is 0 Å². The van der Waals surface area contributed by atoms with Crippen molar-refractivity contribution < 1.29 is 24.2 Å². The Labute approximate surface area is 154 Å². The first-order chi connectivity index (χ1) is 12.1. The van der Waals surface area contributed by atoms with E-state index in [1.807, 2.05) is 39.0 Å². The van der Waals surface area contributed by atoms with Crippen LogP contribution in [0.25, 0.3) is 0 Å². The van der Waals surface area contributed by atoms with Crippen molar-refractivity contribution in [2.75, 3.05) is 7.11 Å². The average molecular weight is 360 g/mol. The van der Waals surface area contributed by atoms with E-state index in [9.17, 15) is 19.5 Å². The molecule has 0 spiro atoms. The van der Waals surface area contributed by atoms with E-state index in [0.717, 1.165) is 11.8 Å². The van der Waals surface area contributed by atoms with E-state index in [1.165, 1.54) is 7.11 Å². The van der Waals surface area contributed by atoms with Crippen LogP contribution in [0.2, 0.25) is 0 Å². The summed E-state index contributed by atoms with van der Waals surface area (Å²) in [5.74, 6) is -2.26. The molecule has 0 heterocycles. The van der Waals surface area contributed by atoms with E-state index in [2.05, 4.69) is 0 Å². The fraction of sp³-hybridized carbons (Fsp3) is 0.571. The van der Waals surface area contributed by atoms with Crippen LogP contribution in [-0.4, -0.2) is 30.4 Å². The number of ether oxygens (including phenoxy) is 1. The lowest BCUT2D eigenvalue weighted by Crippen LogP contribution is -2.54. The molecular formula is C21H28O5. The van der Waals surface area contributed by atoms with Crippen LogP contribution in [0.4, 0.5) is 0 Å². The quantitative estimate of drug-likeness (QED) is 0.635. The van der Waals surface area contributed by atoms with Crippen molar-refractivity contribution in [2.24, 2.45) is 11.3 Å². The second-order valence-electron chi connectivity index (χ2n) is 8.07. The first kappa shape index (κ1) is 20.1. The van der Waals surface area contributed by atoms with Crippen LogP contribution in [-0.2, 0) is 19.7 Å². The molecule has 2 rings (SSSR count). The molecule has 142 valence electrons. The molecule has 1 N–H and O–H groups in total. The van der Waals surface area contributed by atoms with Gasteiger partial charge in [-0.05, 0) is 42.9 Å². The van der Waals surface area contributed by atoms with Crippen LogP contribution < -0.4 is 0 Å². The first-order valence-electron chi connectivity index (χ1n) is 9.02. The van der Waals surface area contributed by atoms with Gasteiger partial charge in [0.1, 0.15) is 6.29 Å². The number of benzene rings is 1. The minimum Gasteiger partial charge on any atom is -0.481 e. The SMILES string of the molecule is COC(=O)[C@]1(C)CCC[C@](C)(c2ccc(C(C)C)cc2C=O)[C@H]1C(=O)O. The van der Waals surface area contributed by atoms with Gasteiger partial charge in [0.25, 0.3) is 0 Å². The number of hydrogen-bond donors (Lipinski definition) is 1. The highest BCUT2D eigenvalue weighted by atomic mass is 16.5. The third kappa shape index (κ3) is 3.15. The van der Waals surface area contributed by atoms with Crippen LogP contribution in [0, 0.1) is 11.3 Å². The van der Waals surface area contributed by atoms with Crippen molar-refractivity contribution in [3.8, 4) is 0 Å². The Morgan fingerprint density at radius 1 is 1.27 bits per heavy atom. The fourth-order valence-electron chi connectivity index (χ4n) is 4.66. The maximum atomic E-state index is 12.5. The largest absolute Gasteiger partial charge is 0.481 e. The van der Waals surface area contributed by atoms with Gasteiger partial charge in [0.05, 0.1) is 18.4 Å². The molecule has 0 radical (unpaired) electrons. The molecule has 0 bridgehead atoms. The summed E-state index contributed by atoms with van der Waals surface area (Å²) < 4.78 is 4.94. The number of aliphatic carboxylic acids is 1. The van der Waals surface area contributed by atoms with Crippen molar-refractivity contribution in [2.45, 2.75) is 58.3 Å². The molecule has 1 saturated carbocycles. The Kier molecular flexibility index (Phi) is 5.59. The van der Waals surface area contributed by atoms with E-state index >= 15 is 0 Å². The van der Waals surface area contributed by atoms with E-state index in [4.69, 9.17) is 4.74 Å². The molecule has 1 aliphatic rings. The highest BCUT2D eigenvalue weighted by Crippen LogP contribution is 2.53. The van der Waals surface area contributed by atoms with Gasteiger partial charge in [0.2, 0.25) is 0 Å². The summed E-state index contributed by atoms with van der Waals surface area (Å²) in [5, 5.41) is 10.0. The number of carbonyl (C=O) groups excluding carboxylic acids is 2. The standard InChI is InChI=1S/C21H28O5/c1-13(2)14-7-8-16(15(11-14)12-22)20(3)9-6-10-21(4,19(25)26-5)17(20)18(23)24/h7-8,11-13,17H,6,9-10H2,1-5H3,(H,23,24)/t17-,20-,21-/m1/s1. The zero-order chi connectivity index (χ0) is 19.7. The summed E-state index contributed by atoms with van der Waals surface area (Å²) in [6, 6.07) is 5.64. The number of carboxylic acid groups (broad SMARTS) is 1. The Hall–Kier alpha value is -2.17. The summed E-state index contributed by atoms with van der Waals surface area (Å²) in [6.07, 6.45) is 2.52. The summed E-state index contributed by atoms with van der Waals surface area (Å²) in [7, 11) is 1.28. The number of esters is 1. The number of hydrogen-bond acceptors (Lipinski definition) is 4. The molecule has 26 heavy (non-hydrogen) atoms. The Morgan fingerprint density at radius 2 is 1.92 bits per heavy atom. The van der Waals surface area contributed by atoms with Crippen molar-refractivity contribution in [1.29, 1.82) is 0 Å². The van der Waals surface area contributed by atoms with E-state index in [1.54, 1.807) is 6.92 Å².